The highest BCUT2D eigenvalue weighted by Gasteiger charge is 2.39. The first-order chi connectivity index (χ1) is 5.16. The van der Waals surface area contributed by atoms with Crippen molar-refractivity contribution in [1.82, 2.24) is 0 Å². The molecule has 0 bridgehead atoms. The number of aliphatic hydroxyl groups excluding tert-OH is 2. The molecular weight excluding hydrogens is 259 g/mol. The Kier molecular flexibility index (Phi) is 3.13. The second-order valence-electron chi connectivity index (χ2n) is 2.24. The van der Waals surface area contributed by atoms with Crippen molar-refractivity contribution in [1.29, 1.82) is 0 Å². The van der Waals surface area contributed by atoms with Gasteiger partial charge in [0.25, 0.3) is 0 Å². The fourth-order valence-corrected chi connectivity index (χ4v) is 1.18. The fourth-order valence-electron chi connectivity index (χ4n) is 0.877. The van der Waals surface area contributed by atoms with Crippen molar-refractivity contribution in [3.63, 3.8) is 0 Å². The summed E-state index contributed by atoms with van der Waals surface area (Å²) in [5.41, 5.74) is 0. The number of ether oxygens (including phenoxy) is 1. The van der Waals surface area contributed by atoms with Crippen molar-refractivity contribution in [3.05, 3.63) is 6.92 Å². The zero-order valence-corrected chi connectivity index (χ0v) is 7.72. The lowest BCUT2D eigenvalue weighted by molar-refractivity contribution is 0.0398. The topological polar surface area (TPSA) is 49.7 Å². The lowest BCUT2D eigenvalue weighted by Gasteiger charge is -2.07. The Morgan fingerprint density at radius 1 is 1.36 bits per heavy atom. The molecule has 1 rings (SSSR count). The predicted octanol–water partition coefficient (Wildman–Crippen LogP) is -0.417. The smallest absolute Gasteiger partial charge is 0.147 e. The van der Waals surface area contributed by atoms with Crippen LogP contribution in [0.2, 0.25) is 0 Å². The van der Waals surface area contributed by atoms with Crippen LogP contribution in [0.3, 0.4) is 0 Å². The van der Waals surface area contributed by atoms with Gasteiger partial charge in [-0.15, -0.1) is 0 Å². The quantitative estimate of drug-likeness (QED) is 0.462. The van der Waals surface area contributed by atoms with Gasteiger partial charge in [-0.05, 0) is 10.9 Å². The molecule has 1 saturated heterocycles. The summed E-state index contributed by atoms with van der Waals surface area (Å²) >= 11 is 1.83. The van der Waals surface area contributed by atoms with E-state index in [0.29, 0.717) is 0 Å². The van der Waals surface area contributed by atoms with Gasteiger partial charge in [-0.25, -0.2) is 0 Å². The minimum atomic E-state index is -1.03. The zero-order valence-electron chi connectivity index (χ0n) is 5.57. The number of rotatable bonds is 0. The van der Waals surface area contributed by atoms with Crippen LogP contribution in [0.1, 0.15) is 0 Å². The third-order valence-electron chi connectivity index (χ3n) is 1.50. The van der Waals surface area contributed by atoms with E-state index >= 15 is 0 Å². The van der Waals surface area contributed by atoms with Gasteiger partial charge in [0.1, 0.15) is 18.3 Å². The summed E-state index contributed by atoms with van der Waals surface area (Å²) < 4.78 is 7.48. The van der Waals surface area contributed by atoms with Crippen LogP contribution >= 0.6 is 22.6 Å². The van der Waals surface area contributed by atoms with Crippen LogP contribution in [0, 0.1) is 16.8 Å². The highest BCUT2D eigenvalue weighted by molar-refractivity contribution is 14.1. The van der Waals surface area contributed by atoms with Crippen LogP contribution in [-0.2, 0) is 4.74 Å². The summed E-state index contributed by atoms with van der Waals surface area (Å²) in [7, 11) is 0. The predicted molar refractivity (Wildman–Crippen MR) is 46.8 cm³/mol. The fraction of sp³-hybridized carbons (Fsp3) is 0.571. The van der Waals surface area contributed by atoms with Crippen LogP contribution in [0.15, 0.2) is 0 Å². The SMILES string of the molecule is [CH][C@@H]1O[C@H](C#CI)[C@H](O)C1O. The second-order valence-corrected chi connectivity index (χ2v) is 2.78. The highest BCUT2D eigenvalue weighted by atomic mass is 127. The summed E-state index contributed by atoms with van der Waals surface area (Å²) in [4.78, 5) is 0. The van der Waals surface area contributed by atoms with Gasteiger partial charge in [0.15, 0.2) is 0 Å². The molecule has 4 atom stereocenters. The molecule has 1 aliphatic heterocycles. The summed E-state index contributed by atoms with van der Waals surface area (Å²) in [6.45, 7) is 5.29. The van der Waals surface area contributed by atoms with E-state index in [1.807, 2.05) is 22.6 Å². The second kappa shape index (κ2) is 3.72. The molecule has 4 heteroatoms. The largest absolute Gasteiger partial charge is 0.388 e. The van der Waals surface area contributed by atoms with Gasteiger partial charge < -0.3 is 14.9 Å². The molecule has 3 nitrogen and oxygen atoms in total. The van der Waals surface area contributed by atoms with Gasteiger partial charge in [-0.2, -0.15) is 0 Å². The van der Waals surface area contributed by atoms with E-state index in [2.05, 4.69) is 9.85 Å². The molecule has 0 aromatic rings. The van der Waals surface area contributed by atoms with Gasteiger partial charge in [0, 0.05) is 22.6 Å². The minimum absolute atomic E-state index is 0.656. The first kappa shape index (κ1) is 9.26. The molecule has 1 aliphatic rings. The number of aliphatic hydroxyl groups is 2. The van der Waals surface area contributed by atoms with Crippen molar-refractivity contribution < 1.29 is 14.9 Å². The molecule has 1 fully saturated rings. The molecule has 0 amide bonds. The zero-order chi connectivity index (χ0) is 8.43. The molecule has 1 unspecified atom stereocenters. The molecule has 0 saturated carbocycles. The van der Waals surface area contributed by atoms with Crippen molar-refractivity contribution >= 4 is 22.6 Å². The maximum absolute atomic E-state index is 9.20. The van der Waals surface area contributed by atoms with E-state index in [1.54, 1.807) is 0 Å². The van der Waals surface area contributed by atoms with E-state index in [0.717, 1.165) is 0 Å². The maximum atomic E-state index is 9.20. The van der Waals surface area contributed by atoms with Crippen molar-refractivity contribution in [2.45, 2.75) is 24.4 Å². The van der Waals surface area contributed by atoms with E-state index in [1.165, 1.54) is 0 Å². The first-order valence-corrected chi connectivity index (χ1v) is 4.13. The lowest BCUT2D eigenvalue weighted by Crippen LogP contribution is -2.30. The number of halogens is 1. The van der Waals surface area contributed by atoms with Crippen LogP contribution in [0.4, 0.5) is 0 Å². The molecule has 0 aromatic heterocycles. The molecule has 0 spiro atoms. The Bertz CT molecular complexity index is 196. The molecular formula is C7H7IO3. The van der Waals surface area contributed by atoms with E-state index in [4.69, 9.17) is 16.8 Å². The Morgan fingerprint density at radius 2 is 2.00 bits per heavy atom. The van der Waals surface area contributed by atoms with Crippen molar-refractivity contribution in [2.75, 3.05) is 0 Å². The third-order valence-corrected chi connectivity index (χ3v) is 1.81. The Balaban J connectivity index is 2.64. The van der Waals surface area contributed by atoms with Gasteiger partial charge >= 0.3 is 0 Å². The molecule has 1 heterocycles. The molecule has 11 heavy (non-hydrogen) atoms. The van der Waals surface area contributed by atoms with E-state index in [9.17, 15) is 5.11 Å². The van der Waals surface area contributed by atoms with E-state index in [-0.39, 0.29) is 0 Å². The van der Waals surface area contributed by atoms with E-state index < -0.39 is 24.4 Å². The lowest BCUT2D eigenvalue weighted by atomic mass is 10.1. The average Bonchev–Trinajstić information content (AvgIpc) is 2.19. The summed E-state index contributed by atoms with van der Waals surface area (Å²) in [6.07, 6.45) is -3.51. The summed E-state index contributed by atoms with van der Waals surface area (Å²) in [6, 6.07) is 0. The Morgan fingerprint density at radius 3 is 2.36 bits per heavy atom. The van der Waals surface area contributed by atoms with Crippen LogP contribution < -0.4 is 0 Å². The Labute approximate surface area is 78.9 Å². The summed E-state index contributed by atoms with van der Waals surface area (Å²) in [5, 5.41) is 18.3. The number of hydrogen-bond acceptors (Lipinski definition) is 3. The minimum Gasteiger partial charge on any atom is -0.388 e. The van der Waals surface area contributed by atoms with Gasteiger partial charge in [0.2, 0.25) is 0 Å². The third kappa shape index (κ3) is 1.85. The maximum Gasteiger partial charge on any atom is 0.147 e. The molecule has 2 radical (unpaired) electrons. The molecule has 2 N–H and O–H groups in total. The van der Waals surface area contributed by atoms with Crippen LogP contribution in [0.5, 0.6) is 0 Å². The van der Waals surface area contributed by atoms with Crippen molar-refractivity contribution in [2.24, 2.45) is 0 Å². The van der Waals surface area contributed by atoms with Crippen molar-refractivity contribution in [3.8, 4) is 9.85 Å². The molecule has 0 aromatic carbocycles. The molecule has 0 aliphatic carbocycles. The highest BCUT2D eigenvalue weighted by Crippen LogP contribution is 2.19. The standard InChI is InChI=1S/C7H7IO3/c1-4-6(9)7(10)5(11-4)2-3-8/h1,4-7,9-10H/t4-,5+,6?,7-/m0/s1. The van der Waals surface area contributed by atoms with Crippen LogP contribution in [-0.4, -0.2) is 34.6 Å². The van der Waals surface area contributed by atoms with Gasteiger partial charge in [-0.1, -0.05) is 5.92 Å². The average molecular weight is 266 g/mol. The molecule has 60 valence electrons. The normalized spacial score (nSPS) is 43.3. The number of hydrogen-bond donors (Lipinski definition) is 2. The Hall–Kier alpha value is 0.170. The van der Waals surface area contributed by atoms with Gasteiger partial charge in [0.05, 0.1) is 6.10 Å². The monoisotopic (exact) mass is 266 g/mol. The van der Waals surface area contributed by atoms with Gasteiger partial charge in [-0.3, -0.25) is 0 Å². The first-order valence-electron chi connectivity index (χ1n) is 3.05. The summed E-state index contributed by atoms with van der Waals surface area (Å²) in [5.74, 6) is 2.58. The van der Waals surface area contributed by atoms with Crippen LogP contribution in [0.25, 0.3) is 0 Å².